The molecule has 1 N–H and O–H groups in total. The van der Waals surface area contributed by atoms with E-state index in [1.165, 1.54) is 11.5 Å². The van der Waals surface area contributed by atoms with Crippen molar-refractivity contribution in [3.05, 3.63) is 24.3 Å². The van der Waals surface area contributed by atoms with Crippen LogP contribution in [-0.4, -0.2) is 22.4 Å². The van der Waals surface area contributed by atoms with Crippen LogP contribution in [0.15, 0.2) is 24.3 Å². The van der Waals surface area contributed by atoms with Crippen LogP contribution < -0.4 is 10.1 Å². The molecule has 20 heavy (non-hydrogen) atoms. The topological polar surface area (TPSA) is 64.1 Å². The SMILES string of the molecule is COc1ccc(-c2nsc(NC(=O)CC(C)C)n2)cc1. The number of nitrogens with zero attached hydrogens (tertiary/aromatic N) is 2. The number of ether oxygens (including phenoxy) is 1. The summed E-state index contributed by atoms with van der Waals surface area (Å²) in [7, 11) is 1.62. The second-order valence-corrected chi connectivity index (χ2v) is 5.55. The summed E-state index contributed by atoms with van der Waals surface area (Å²) in [4.78, 5) is 16.0. The van der Waals surface area contributed by atoms with E-state index in [0.29, 0.717) is 23.3 Å². The van der Waals surface area contributed by atoms with Crippen LogP contribution in [0.3, 0.4) is 0 Å². The van der Waals surface area contributed by atoms with Gasteiger partial charge in [0.05, 0.1) is 7.11 Å². The van der Waals surface area contributed by atoms with E-state index < -0.39 is 0 Å². The molecule has 1 aromatic carbocycles. The van der Waals surface area contributed by atoms with E-state index in [9.17, 15) is 4.79 Å². The molecular weight excluding hydrogens is 274 g/mol. The lowest BCUT2D eigenvalue weighted by molar-refractivity contribution is -0.116. The Hall–Kier alpha value is -1.95. The van der Waals surface area contributed by atoms with Gasteiger partial charge in [-0.1, -0.05) is 13.8 Å². The molecule has 106 valence electrons. The van der Waals surface area contributed by atoms with Gasteiger partial charge in [-0.25, -0.2) is 0 Å². The number of carbonyl (C=O) groups is 1. The summed E-state index contributed by atoms with van der Waals surface area (Å²) in [6.45, 7) is 4.00. The third-order valence-electron chi connectivity index (χ3n) is 2.61. The molecule has 0 aliphatic heterocycles. The van der Waals surface area contributed by atoms with Crippen LogP contribution in [0.2, 0.25) is 0 Å². The molecule has 0 spiro atoms. The van der Waals surface area contributed by atoms with Crippen molar-refractivity contribution < 1.29 is 9.53 Å². The number of nitrogens with one attached hydrogen (secondary N) is 1. The highest BCUT2D eigenvalue weighted by atomic mass is 32.1. The number of anilines is 1. The first-order valence-corrected chi connectivity index (χ1v) is 7.14. The molecule has 6 heteroatoms. The highest BCUT2D eigenvalue weighted by molar-refractivity contribution is 7.10. The Morgan fingerprint density at radius 3 is 2.65 bits per heavy atom. The van der Waals surface area contributed by atoms with Crippen molar-refractivity contribution in [3.63, 3.8) is 0 Å². The monoisotopic (exact) mass is 291 g/mol. The molecule has 2 aromatic rings. The molecule has 1 heterocycles. The molecule has 0 aliphatic carbocycles. The predicted molar refractivity (Wildman–Crippen MR) is 80.0 cm³/mol. The summed E-state index contributed by atoms with van der Waals surface area (Å²) in [5.74, 6) is 1.69. The van der Waals surface area contributed by atoms with E-state index in [1.54, 1.807) is 7.11 Å². The molecule has 0 atom stereocenters. The van der Waals surface area contributed by atoms with Crippen LogP contribution in [0.5, 0.6) is 5.75 Å². The Balaban J connectivity index is 2.06. The average molecular weight is 291 g/mol. The molecule has 0 radical (unpaired) electrons. The molecule has 0 unspecified atom stereocenters. The molecule has 0 aliphatic rings. The number of methoxy groups -OCH3 is 1. The smallest absolute Gasteiger partial charge is 0.226 e. The van der Waals surface area contributed by atoms with Crippen LogP contribution in [0.4, 0.5) is 5.13 Å². The number of benzene rings is 1. The van der Waals surface area contributed by atoms with E-state index in [4.69, 9.17) is 4.74 Å². The fraction of sp³-hybridized carbons (Fsp3) is 0.357. The van der Waals surface area contributed by atoms with Gasteiger partial charge in [-0.05, 0) is 30.2 Å². The van der Waals surface area contributed by atoms with Crippen molar-refractivity contribution in [3.8, 4) is 17.1 Å². The normalized spacial score (nSPS) is 10.6. The van der Waals surface area contributed by atoms with Crippen LogP contribution in [0, 0.1) is 5.92 Å². The van der Waals surface area contributed by atoms with Crippen LogP contribution >= 0.6 is 11.5 Å². The van der Waals surface area contributed by atoms with Gasteiger partial charge >= 0.3 is 0 Å². The fourth-order valence-corrected chi connectivity index (χ4v) is 2.28. The third-order valence-corrected chi connectivity index (χ3v) is 3.24. The second-order valence-electron chi connectivity index (χ2n) is 4.80. The van der Waals surface area contributed by atoms with Gasteiger partial charge in [0.2, 0.25) is 11.0 Å². The molecule has 5 nitrogen and oxygen atoms in total. The molecule has 0 saturated heterocycles. The zero-order valence-corrected chi connectivity index (χ0v) is 12.5. The number of amides is 1. The Bertz CT molecular complexity index is 578. The fourth-order valence-electron chi connectivity index (χ4n) is 1.67. The van der Waals surface area contributed by atoms with Crippen molar-refractivity contribution in [2.45, 2.75) is 20.3 Å². The molecule has 0 bridgehead atoms. The largest absolute Gasteiger partial charge is 0.497 e. The summed E-state index contributed by atoms with van der Waals surface area (Å²) in [5, 5.41) is 3.30. The number of hydrogen-bond acceptors (Lipinski definition) is 5. The van der Waals surface area contributed by atoms with Crippen LogP contribution in [0.25, 0.3) is 11.4 Å². The van der Waals surface area contributed by atoms with Crippen molar-refractivity contribution in [2.75, 3.05) is 12.4 Å². The maximum Gasteiger partial charge on any atom is 0.226 e. The maximum atomic E-state index is 11.7. The molecular formula is C14H17N3O2S. The zero-order valence-electron chi connectivity index (χ0n) is 11.7. The highest BCUT2D eigenvalue weighted by Crippen LogP contribution is 2.23. The Labute approximate surface area is 122 Å². The first-order valence-electron chi connectivity index (χ1n) is 6.36. The van der Waals surface area contributed by atoms with Gasteiger partial charge in [-0.3, -0.25) is 4.79 Å². The van der Waals surface area contributed by atoms with Crippen LogP contribution in [-0.2, 0) is 4.79 Å². The Kier molecular flexibility index (Phi) is 4.68. The van der Waals surface area contributed by atoms with Gasteiger partial charge in [0.1, 0.15) is 5.75 Å². The number of hydrogen-bond donors (Lipinski definition) is 1. The third kappa shape index (κ3) is 3.77. The molecule has 1 aromatic heterocycles. The van der Waals surface area contributed by atoms with Gasteiger partial charge in [0, 0.05) is 23.5 Å². The maximum absolute atomic E-state index is 11.7. The first kappa shape index (κ1) is 14.5. The lowest BCUT2D eigenvalue weighted by Gasteiger charge is -2.03. The van der Waals surface area contributed by atoms with E-state index in [0.717, 1.165) is 11.3 Å². The minimum atomic E-state index is -0.0302. The summed E-state index contributed by atoms with van der Waals surface area (Å²) in [6.07, 6.45) is 0.484. The summed E-state index contributed by atoms with van der Waals surface area (Å²) < 4.78 is 9.35. The van der Waals surface area contributed by atoms with Crippen molar-refractivity contribution in [1.82, 2.24) is 9.36 Å². The number of rotatable bonds is 5. The lowest BCUT2D eigenvalue weighted by Crippen LogP contribution is -2.13. The van der Waals surface area contributed by atoms with E-state index in [2.05, 4.69) is 14.7 Å². The molecule has 0 fully saturated rings. The lowest BCUT2D eigenvalue weighted by atomic mass is 10.1. The zero-order chi connectivity index (χ0) is 14.5. The minimum absolute atomic E-state index is 0.0302. The predicted octanol–water partition coefficient (Wildman–Crippen LogP) is 3.20. The van der Waals surface area contributed by atoms with Gasteiger partial charge < -0.3 is 10.1 Å². The summed E-state index contributed by atoms with van der Waals surface area (Å²) in [6, 6.07) is 7.49. The molecule has 1 amide bonds. The number of aromatic nitrogens is 2. The van der Waals surface area contributed by atoms with E-state index in [1.807, 2.05) is 38.1 Å². The Morgan fingerprint density at radius 2 is 2.05 bits per heavy atom. The average Bonchev–Trinajstić information content (AvgIpc) is 2.86. The van der Waals surface area contributed by atoms with Crippen LogP contribution in [0.1, 0.15) is 20.3 Å². The van der Waals surface area contributed by atoms with Crippen molar-refractivity contribution in [1.29, 1.82) is 0 Å². The van der Waals surface area contributed by atoms with Gasteiger partial charge in [-0.2, -0.15) is 9.36 Å². The summed E-state index contributed by atoms with van der Waals surface area (Å²) in [5.41, 5.74) is 0.895. The standard InChI is InChI=1S/C14H17N3O2S/c1-9(2)8-12(18)15-14-16-13(17-20-14)10-4-6-11(19-3)7-5-10/h4-7,9H,8H2,1-3H3,(H,15,16,17,18). The Morgan fingerprint density at radius 1 is 1.35 bits per heavy atom. The van der Waals surface area contributed by atoms with Crippen molar-refractivity contribution >= 4 is 22.6 Å². The number of carbonyl (C=O) groups excluding carboxylic acids is 1. The molecule has 2 rings (SSSR count). The van der Waals surface area contributed by atoms with E-state index >= 15 is 0 Å². The van der Waals surface area contributed by atoms with Gasteiger partial charge in [0.15, 0.2) is 5.82 Å². The van der Waals surface area contributed by atoms with E-state index in [-0.39, 0.29) is 5.91 Å². The van der Waals surface area contributed by atoms with Gasteiger partial charge in [-0.15, -0.1) is 0 Å². The quantitative estimate of drug-likeness (QED) is 0.918. The first-order chi connectivity index (χ1) is 9.58. The minimum Gasteiger partial charge on any atom is -0.497 e. The molecule has 0 saturated carbocycles. The summed E-state index contributed by atoms with van der Waals surface area (Å²) >= 11 is 1.19. The van der Waals surface area contributed by atoms with Crippen molar-refractivity contribution in [2.24, 2.45) is 5.92 Å². The highest BCUT2D eigenvalue weighted by Gasteiger charge is 2.10. The second kappa shape index (κ2) is 6.47. The van der Waals surface area contributed by atoms with Gasteiger partial charge in [0.25, 0.3) is 0 Å².